The van der Waals surface area contributed by atoms with Crippen LogP contribution in [0, 0.1) is 26.7 Å². The molecule has 1 fully saturated rings. The third-order valence-electron chi connectivity index (χ3n) is 4.86. The van der Waals surface area contributed by atoms with Crippen molar-refractivity contribution in [2.24, 2.45) is 5.92 Å². The minimum absolute atomic E-state index is 0.00599. The SMILES string of the molecule is Cc1ccc(C(=O)NN2C[C@H](C(=O)OCC(=O)Nc3cc(C)cc(C)c3)CC2=O)cc1. The molecular weight excluding hydrogens is 398 g/mol. The van der Waals surface area contributed by atoms with Crippen LogP contribution in [-0.2, 0) is 19.1 Å². The first-order chi connectivity index (χ1) is 14.7. The van der Waals surface area contributed by atoms with E-state index in [1.165, 1.54) is 0 Å². The van der Waals surface area contributed by atoms with Gasteiger partial charge in [-0.2, -0.15) is 0 Å². The number of benzene rings is 2. The molecule has 3 rings (SSSR count). The Labute approximate surface area is 180 Å². The van der Waals surface area contributed by atoms with Gasteiger partial charge in [-0.1, -0.05) is 23.8 Å². The van der Waals surface area contributed by atoms with Crippen LogP contribution in [0.25, 0.3) is 0 Å². The third-order valence-corrected chi connectivity index (χ3v) is 4.86. The topological polar surface area (TPSA) is 105 Å². The second-order valence-corrected chi connectivity index (χ2v) is 7.74. The number of nitrogens with one attached hydrogen (secondary N) is 2. The van der Waals surface area contributed by atoms with Crippen molar-refractivity contribution in [2.45, 2.75) is 27.2 Å². The van der Waals surface area contributed by atoms with E-state index in [-0.39, 0.29) is 18.9 Å². The van der Waals surface area contributed by atoms with Crippen LogP contribution in [0.1, 0.15) is 33.5 Å². The van der Waals surface area contributed by atoms with Crippen molar-refractivity contribution in [1.82, 2.24) is 10.4 Å². The van der Waals surface area contributed by atoms with E-state index in [0.717, 1.165) is 21.7 Å². The van der Waals surface area contributed by atoms with E-state index in [9.17, 15) is 19.2 Å². The first-order valence-electron chi connectivity index (χ1n) is 9.94. The lowest BCUT2D eigenvalue weighted by molar-refractivity contribution is -0.151. The van der Waals surface area contributed by atoms with Crippen LogP contribution >= 0.6 is 0 Å². The van der Waals surface area contributed by atoms with Gasteiger partial charge in [-0.3, -0.25) is 29.6 Å². The summed E-state index contributed by atoms with van der Waals surface area (Å²) in [4.78, 5) is 48.9. The summed E-state index contributed by atoms with van der Waals surface area (Å²) in [7, 11) is 0. The molecule has 0 aliphatic carbocycles. The molecule has 31 heavy (non-hydrogen) atoms. The number of nitrogens with zero attached hydrogens (tertiary/aromatic N) is 1. The number of hydrogen-bond acceptors (Lipinski definition) is 5. The predicted molar refractivity (Wildman–Crippen MR) is 114 cm³/mol. The average molecular weight is 423 g/mol. The van der Waals surface area contributed by atoms with E-state index < -0.39 is 30.3 Å². The lowest BCUT2D eigenvalue weighted by Crippen LogP contribution is -2.43. The smallest absolute Gasteiger partial charge is 0.311 e. The molecule has 1 aliphatic rings. The summed E-state index contributed by atoms with van der Waals surface area (Å²) in [5, 5.41) is 3.80. The molecule has 1 atom stereocenters. The van der Waals surface area contributed by atoms with Crippen LogP contribution in [0.3, 0.4) is 0 Å². The van der Waals surface area contributed by atoms with Gasteiger partial charge in [-0.25, -0.2) is 0 Å². The molecule has 0 unspecified atom stereocenters. The fourth-order valence-corrected chi connectivity index (χ4v) is 3.36. The molecule has 1 saturated heterocycles. The second kappa shape index (κ2) is 9.42. The number of rotatable bonds is 6. The maximum Gasteiger partial charge on any atom is 0.311 e. The van der Waals surface area contributed by atoms with Crippen molar-refractivity contribution in [1.29, 1.82) is 0 Å². The van der Waals surface area contributed by atoms with Crippen molar-refractivity contribution in [3.05, 3.63) is 64.7 Å². The Kier molecular flexibility index (Phi) is 6.69. The molecule has 2 aromatic rings. The van der Waals surface area contributed by atoms with Gasteiger partial charge in [-0.15, -0.1) is 0 Å². The van der Waals surface area contributed by atoms with Crippen LogP contribution in [0.15, 0.2) is 42.5 Å². The largest absolute Gasteiger partial charge is 0.455 e. The number of hydrazine groups is 1. The van der Waals surface area contributed by atoms with Crippen molar-refractivity contribution in [3.8, 4) is 0 Å². The summed E-state index contributed by atoms with van der Waals surface area (Å²) in [6.07, 6.45) is -0.0916. The van der Waals surface area contributed by atoms with Gasteiger partial charge in [0.2, 0.25) is 5.91 Å². The first-order valence-corrected chi connectivity index (χ1v) is 9.94. The van der Waals surface area contributed by atoms with Crippen molar-refractivity contribution >= 4 is 29.4 Å². The maximum atomic E-state index is 12.3. The number of anilines is 1. The van der Waals surface area contributed by atoms with Crippen LogP contribution < -0.4 is 10.7 Å². The maximum absolute atomic E-state index is 12.3. The molecule has 0 saturated carbocycles. The highest BCUT2D eigenvalue weighted by Crippen LogP contribution is 2.18. The average Bonchev–Trinajstić information content (AvgIpc) is 3.06. The van der Waals surface area contributed by atoms with Gasteiger partial charge in [0.15, 0.2) is 6.61 Å². The van der Waals surface area contributed by atoms with E-state index >= 15 is 0 Å². The Hall–Kier alpha value is -3.68. The summed E-state index contributed by atoms with van der Waals surface area (Å²) in [5.41, 5.74) is 6.57. The zero-order chi connectivity index (χ0) is 22.5. The Bertz CT molecular complexity index is 996. The highest BCUT2D eigenvalue weighted by Gasteiger charge is 2.36. The fraction of sp³-hybridized carbons (Fsp3) is 0.304. The van der Waals surface area contributed by atoms with Gasteiger partial charge in [0.05, 0.1) is 12.5 Å². The van der Waals surface area contributed by atoms with Gasteiger partial charge in [-0.05, 0) is 56.2 Å². The zero-order valence-corrected chi connectivity index (χ0v) is 17.7. The van der Waals surface area contributed by atoms with Crippen molar-refractivity contribution in [3.63, 3.8) is 0 Å². The van der Waals surface area contributed by atoms with Crippen molar-refractivity contribution < 1.29 is 23.9 Å². The van der Waals surface area contributed by atoms with E-state index in [1.54, 1.807) is 24.3 Å². The highest BCUT2D eigenvalue weighted by molar-refractivity contribution is 5.97. The van der Waals surface area contributed by atoms with Gasteiger partial charge in [0.25, 0.3) is 11.8 Å². The van der Waals surface area contributed by atoms with Crippen LogP contribution in [-0.4, -0.2) is 41.9 Å². The number of esters is 1. The number of hydrogen-bond donors (Lipinski definition) is 2. The van der Waals surface area contributed by atoms with E-state index in [1.807, 2.05) is 39.0 Å². The molecule has 0 aromatic heterocycles. The molecular formula is C23H25N3O5. The zero-order valence-electron chi connectivity index (χ0n) is 17.7. The summed E-state index contributed by atoms with van der Waals surface area (Å²) < 4.78 is 5.08. The monoisotopic (exact) mass is 423 g/mol. The van der Waals surface area contributed by atoms with Crippen molar-refractivity contribution in [2.75, 3.05) is 18.5 Å². The van der Waals surface area contributed by atoms with Gasteiger partial charge < -0.3 is 10.1 Å². The normalized spacial score (nSPS) is 15.5. The molecule has 0 spiro atoms. The van der Waals surface area contributed by atoms with E-state index in [0.29, 0.717) is 11.3 Å². The standard InChI is InChI=1S/C23H25N3O5/c1-14-4-6-17(7-5-14)22(29)25-26-12-18(11-21(26)28)23(30)31-13-20(27)24-19-9-15(2)8-16(3)10-19/h4-10,18H,11-13H2,1-3H3,(H,24,27)(H,25,29)/t18-/m1/s1. The van der Waals surface area contributed by atoms with Gasteiger partial charge in [0, 0.05) is 17.7 Å². The minimum atomic E-state index is -0.750. The number of carbonyl (C=O) groups excluding carboxylic acids is 4. The van der Waals surface area contributed by atoms with E-state index in [2.05, 4.69) is 10.7 Å². The summed E-state index contributed by atoms with van der Waals surface area (Å²) in [5.74, 6) is -2.69. The van der Waals surface area contributed by atoms with E-state index in [4.69, 9.17) is 4.74 Å². The predicted octanol–water partition coefficient (Wildman–Crippen LogP) is 2.29. The molecule has 8 nitrogen and oxygen atoms in total. The van der Waals surface area contributed by atoms with Crippen LogP contribution in [0.5, 0.6) is 0 Å². The molecule has 1 heterocycles. The number of amides is 3. The fourth-order valence-electron chi connectivity index (χ4n) is 3.36. The summed E-state index contributed by atoms with van der Waals surface area (Å²) in [6, 6.07) is 12.5. The second-order valence-electron chi connectivity index (χ2n) is 7.74. The van der Waals surface area contributed by atoms with Gasteiger partial charge >= 0.3 is 5.97 Å². The lowest BCUT2D eigenvalue weighted by Gasteiger charge is -2.17. The number of aryl methyl sites for hydroxylation is 3. The Morgan fingerprint density at radius 1 is 1.00 bits per heavy atom. The Balaban J connectivity index is 1.48. The highest BCUT2D eigenvalue weighted by atomic mass is 16.5. The first kappa shape index (κ1) is 22.0. The number of ether oxygens (including phenoxy) is 1. The quantitative estimate of drug-likeness (QED) is 0.694. The molecule has 0 bridgehead atoms. The Morgan fingerprint density at radius 2 is 1.65 bits per heavy atom. The molecule has 2 aromatic carbocycles. The van der Waals surface area contributed by atoms with Crippen LogP contribution in [0.2, 0.25) is 0 Å². The molecule has 162 valence electrons. The minimum Gasteiger partial charge on any atom is -0.455 e. The molecule has 1 aliphatic heterocycles. The molecule has 8 heteroatoms. The summed E-state index contributed by atoms with van der Waals surface area (Å²) >= 11 is 0. The Morgan fingerprint density at radius 3 is 2.29 bits per heavy atom. The molecule has 0 radical (unpaired) electrons. The number of carbonyl (C=O) groups is 4. The lowest BCUT2D eigenvalue weighted by atomic mass is 10.1. The molecule has 2 N–H and O–H groups in total. The molecule has 3 amide bonds. The van der Waals surface area contributed by atoms with Crippen LogP contribution in [0.4, 0.5) is 5.69 Å². The third kappa shape index (κ3) is 5.91. The summed E-state index contributed by atoms with van der Waals surface area (Å²) in [6.45, 7) is 5.29. The van der Waals surface area contributed by atoms with Gasteiger partial charge in [0.1, 0.15) is 0 Å².